The molecule has 1 aromatic rings. The van der Waals surface area contributed by atoms with Crippen molar-refractivity contribution in [3.63, 3.8) is 0 Å². The molecular formula is C15HF20N3O5. The minimum atomic E-state index is -7.94. The number of halogens is 20. The lowest BCUT2D eigenvalue weighted by Gasteiger charge is -2.36. The van der Waals surface area contributed by atoms with E-state index >= 15 is 0 Å². The Hall–Kier alpha value is -3.52. The summed E-state index contributed by atoms with van der Waals surface area (Å²) in [6, 6.07) is -6.58. The van der Waals surface area contributed by atoms with Crippen molar-refractivity contribution in [2.45, 2.75) is 48.4 Å². The molecule has 0 aromatic heterocycles. The Morgan fingerprint density at radius 2 is 0.837 bits per heavy atom. The summed E-state index contributed by atoms with van der Waals surface area (Å²) < 4.78 is 274. The zero-order valence-corrected chi connectivity index (χ0v) is 18.5. The zero-order chi connectivity index (χ0) is 34.6. The fourth-order valence-corrected chi connectivity index (χ4v) is 2.25. The van der Waals surface area contributed by atoms with Gasteiger partial charge in [-0.2, -0.15) is 61.5 Å². The van der Waals surface area contributed by atoms with Gasteiger partial charge in [0.2, 0.25) is 5.82 Å². The van der Waals surface area contributed by atoms with Gasteiger partial charge in [-0.1, -0.05) is 0 Å². The number of hydrogen-bond donors (Lipinski definition) is 1. The monoisotopic (exact) mass is 683 g/mol. The molecule has 43 heavy (non-hydrogen) atoms. The van der Waals surface area contributed by atoms with E-state index in [-0.39, 0.29) is 0 Å². The van der Waals surface area contributed by atoms with E-state index in [1.165, 1.54) is 9.47 Å². The first kappa shape index (κ1) is 37.5. The van der Waals surface area contributed by atoms with Gasteiger partial charge in [-0.25, -0.2) is 45.3 Å². The van der Waals surface area contributed by atoms with Crippen molar-refractivity contribution in [3.8, 4) is 0 Å². The van der Waals surface area contributed by atoms with Crippen LogP contribution in [0.4, 0.5) is 87.8 Å². The van der Waals surface area contributed by atoms with Gasteiger partial charge >= 0.3 is 54.3 Å². The Labute approximate surface area is 217 Å². The second-order valence-electron chi connectivity index (χ2n) is 7.05. The number of ether oxygens (including phenoxy) is 3. The molecule has 1 aromatic carbocycles. The maximum Gasteiger partial charge on any atom is 0.453 e. The standard InChI is InChI=1S/C15HF20N3O5/c16-2-1(3(17)5(19)6(20)4(2)18)8(21,7(39)40)10(24,25)41-12(28,29)14(32,33)43-15(34,35)13(30,31)42-11(26,27)9(22,23)37-38-36/h(H,39,40). The van der Waals surface area contributed by atoms with Crippen LogP contribution in [0.2, 0.25) is 0 Å². The minimum Gasteiger partial charge on any atom is -0.478 e. The second kappa shape index (κ2) is 10.9. The predicted octanol–water partition coefficient (Wildman–Crippen LogP) is 7.14. The zero-order valence-electron chi connectivity index (χ0n) is 18.5. The number of hydrogen-bond acceptors (Lipinski definition) is 5. The third kappa shape index (κ3) is 6.26. The number of carboxylic acid groups (broad SMARTS) is 1. The fraction of sp³-hybridized carbons (Fsp3) is 0.533. The quantitative estimate of drug-likeness (QED) is 0.0452. The van der Waals surface area contributed by atoms with Gasteiger partial charge in [-0.15, -0.1) is 0 Å². The molecule has 0 aliphatic rings. The van der Waals surface area contributed by atoms with Crippen molar-refractivity contribution in [1.82, 2.24) is 0 Å². The Morgan fingerprint density at radius 3 is 1.14 bits per heavy atom. The van der Waals surface area contributed by atoms with Gasteiger partial charge in [0.15, 0.2) is 23.3 Å². The van der Waals surface area contributed by atoms with Crippen molar-refractivity contribution >= 4 is 5.97 Å². The molecule has 0 aliphatic heterocycles. The summed E-state index contributed by atoms with van der Waals surface area (Å²) in [4.78, 5) is 11.9. The molecule has 0 spiro atoms. The summed E-state index contributed by atoms with van der Waals surface area (Å²) in [5, 5.41) is 9.37. The van der Waals surface area contributed by atoms with E-state index in [0.717, 1.165) is 10.0 Å². The first-order valence-corrected chi connectivity index (χ1v) is 9.06. The number of carbonyl (C=O) groups is 1. The summed E-state index contributed by atoms with van der Waals surface area (Å²) in [5.41, 5.74) is -3.27. The van der Waals surface area contributed by atoms with Gasteiger partial charge in [0.05, 0.1) is 5.56 Å². The van der Waals surface area contributed by atoms with Crippen molar-refractivity contribution in [1.29, 1.82) is 0 Å². The highest BCUT2D eigenvalue weighted by Crippen LogP contribution is 2.53. The van der Waals surface area contributed by atoms with Crippen LogP contribution >= 0.6 is 0 Å². The molecule has 28 heteroatoms. The number of alkyl halides is 15. The number of benzene rings is 1. The third-order valence-electron chi connectivity index (χ3n) is 4.22. The third-order valence-corrected chi connectivity index (χ3v) is 4.22. The van der Waals surface area contributed by atoms with E-state index in [1.54, 1.807) is 4.74 Å². The molecule has 1 atom stereocenters. The van der Waals surface area contributed by atoms with E-state index in [9.17, 15) is 92.6 Å². The first-order valence-electron chi connectivity index (χ1n) is 9.06. The van der Waals surface area contributed by atoms with Crippen molar-refractivity contribution < 1.29 is 112 Å². The van der Waals surface area contributed by atoms with Crippen LogP contribution in [0.25, 0.3) is 10.4 Å². The lowest BCUT2D eigenvalue weighted by Crippen LogP contribution is -2.61. The summed E-state index contributed by atoms with van der Waals surface area (Å²) in [6.07, 6.45) is -46.1. The van der Waals surface area contributed by atoms with Crippen molar-refractivity contribution in [3.05, 3.63) is 45.1 Å². The summed E-state index contributed by atoms with van der Waals surface area (Å²) >= 11 is 0. The van der Waals surface area contributed by atoms with E-state index in [1.807, 2.05) is 0 Å². The molecule has 1 rings (SSSR count). The molecule has 1 unspecified atom stereocenters. The molecule has 0 saturated carbocycles. The van der Waals surface area contributed by atoms with Gasteiger partial charge in [-0.05, 0) is 10.6 Å². The predicted molar refractivity (Wildman–Crippen MR) is 83.7 cm³/mol. The van der Waals surface area contributed by atoms with E-state index in [0.29, 0.717) is 0 Å². The van der Waals surface area contributed by atoms with Crippen LogP contribution in [0.5, 0.6) is 0 Å². The van der Waals surface area contributed by atoms with Gasteiger partial charge < -0.3 is 5.11 Å². The van der Waals surface area contributed by atoms with Crippen molar-refractivity contribution in [2.75, 3.05) is 0 Å². The largest absolute Gasteiger partial charge is 0.478 e. The van der Waals surface area contributed by atoms with Gasteiger partial charge in [0.25, 0.3) is 0 Å². The molecule has 0 saturated heterocycles. The number of carboxylic acids is 1. The van der Waals surface area contributed by atoms with Crippen LogP contribution in [-0.4, -0.2) is 53.8 Å². The molecular weight excluding hydrogens is 682 g/mol. The topological polar surface area (TPSA) is 114 Å². The molecule has 0 fully saturated rings. The number of nitrogens with zero attached hydrogens (tertiary/aromatic N) is 3. The molecule has 1 N–H and O–H groups in total. The SMILES string of the molecule is [N-]=[N+]=NC(F)(F)C(F)(F)OC(F)(F)C(F)(F)OC(F)(F)C(F)(F)OC(F)(F)C(F)(C(=O)O)c1c(F)c(F)c(F)c(F)c1F. The smallest absolute Gasteiger partial charge is 0.453 e. The first-order chi connectivity index (χ1) is 18.8. The van der Waals surface area contributed by atoms with E-state index in [4.69, 9.17) is 10.6 Å². The second-order valence-corrected chi connectivity index (χ2v) is 7.05. The normalized spacial score (nSPS) is 15.6. The molecule has 0 bridgehead atoms. The molecule has 0 amide bonds. The lowest BCUT2D eigenvalue weighted by molar-refractivity contribution is -0.566. The minimum absolute atomic E-state index is 0.816. The van der Waals surface area contributed by atoms with Gasteiger partial charge in [-0.3, -0.25) is 0 Å². The number of rotatable bonds is 13. The van der Waals surface area contributed by atoms with Crippen LogP contribution in [0.3, 0.4) is 0 Å². The van der Waals surface area contributed by atoms with Crippen LogP contribution in [0.1, 0.15) is 5.56 Å². The van der Waals surface area contributed by atoms with Crippen molar-refractivity contribution in [2.24, 2.45) is 5.11 Å². The van der Waals surface area contributed by atoms with Crippen LogP contribution in [0, 0.1) is 29.1 Å². The molecule has 246 valence electrons. The highest BCUT2D eigenvalue weighted by molar-refractivity contribution is 5.80. The molecule has 0 heterocycles. The maximum absolute atomic E-state index is 14.7. The number of aliphatic carboxylic acids is 1. The van der Waals surface area contributed by atoms with E-state index in [2.05, 4.69) is 0 Å². The van der Waals surface area contributed by atoms with Crippen LogP contribution in [-0.2, 0) is 24.7 Å². The lowest BCUT2D eigenvalue weighted by atomic mass is 9.92. The van der Waals surface area contributed by atoms with Crippen LogP contribution in [0.15, 0.2) is 5.11 Å². The summed E-state index contributed by atoms with van der Waals surface area (Å²) in [7, 11) is 0. The van der Waals surface area contributed by atoms with Gasteiger partial charge in [0.1, 0.15) is 0 Å². The summed E-state index contributed by atoms with van der Waals surface area (Å²) in [6.45, 7) is 0. The molecule has 0 aliphatic carbocycles. The Bertz CT molecular complexity index is 1290. The fourth-order valence-electron chi connectivity index (χ4n) is 2.25. The maximum atomic E-state index is 14.7. The highest BCUT2D eigenvalue weighted by Gasteiger charge is 2.78. The highest BCUT2D eigenvalue weighted by atomic mass is 19.4. The van der Waals surface area contributed by atoms with Crippen LogP contribution < -0.4 is 0 Å². The molecule has 8 nitrogen and oxygen atoms in total. The molecule has 0 radical (unpaired) electrons. The number of azide groups is 1. The van der Waals surface area contributed by atoms with E-state index < -0.39 is 89.0 Å². The Kier molecular flexibility index (Phi) is 9.49. The summed E-state index contributed by atoms with van der Waals surface area (Å²) in [5.74, 6) is -22.4. The average molecular weight is 683 g/mol. The average Bonchev–Trinajstić information content (AvgIpc) is 2.78. The Balaban J connectivity index is 3.62. The Morgan fingerprint density at radius 1 is 0.558 bits per heavy atom. The van der Waals surface area contributed by atoms with Gasteiger partial charge in [0, 0.05) is 4.91 Å².